The summed E-state index contributed by atoms with van der Waals surface area (Å²) < 4.78 is 0. The molecule has 0 unspecified atom stereocenters. The molecule has 0 spiro atoms. The summed E-state index contributed by atoms with van der Waals surface area (Å²) >= 11 is 0. The monoisotopic (exact) mass is 259 g/mol. The summed E-state index contributed by atoms with van der Waals surface area (Å²) in [4.78, 5) is 15.0. The van der Waals surface area contributed by atoms with Gasteiger partial charge in [-0.15, -0.1) is 0 Å². The summed E-state index contributed by atoms with van der Waals surface area (Å²) in [7, 11) is 0. The highest BCUT2D eigenvalue weighted by atomic mass is 16.2. The Bertz CT molecular complexity index is 559. The Morgan fingerprint density at radius 2 is 2.11 bits per heavy atom. The van der Waals surface area contributed by atoms with Crippen LogP contribution in [0.3, 0.4) is 0 Å². The van der Waals surface area contributed by atoms with E-state index in [9.17, 15) is 4.79 Å². The van der Waals surface area contributed by atoms with E-state index in [4.69, 9.17) is 5.73 Å². The number of H-pyrrole nitrogens is 1. The number of fused-ring (bicyclic) bond motifs is 1. The fourth-order valence-corrected chi connectivity index (χ4v) is 2.08. The second-order valence-corrected chi connectivity index (χ2v) is 5.17. The zero-order valence-electron chi connectivity index (χ0n) is 11.4. The number of aromatic nitrogens is 1. The van der Waals surface area contributed by atoms with Gasteiger partial charge in [0.1, 0.15) is 0 Å². The maximum Gasteiger partial charge on any atom is 0.237 e. The minimum absolute atomic E-state index is 0.0742. The van der Waals surface area contributed by atoms with Crippen LogP contribution in [0.5, 0.6) is 0 Å². The first-order chi connectivity index (χ1) is 9.09. The number of amides is 1. The molecule has 0 radical (unpaired) electrons. The van der Waals surface area contributed by atoms with Crippen molar-refractivity contribution < 1.29 is 4.79 Å². The van der Waals surface area contributed by atoms with Crippen molar-refractivity contribution in [1.82, 2.24) is 10.3 Å². The number of hydrogen-bond acceptors (Lipinski definition) is 2. The summed E-state index contributed by atoms with van der Waals surface area (Å²) in [6.45, 7) is 4.51. The number of aromatic amines is 1. The van der Waals surface area contributed by atoms with Crippen LogP contribution in [0.2, 0.25) is 0 Å². The molecular weight excluding hydrogens is 238 g/mol. The number of para-hydroxylation sites is 1. The minimum atomic E-state index is -0.428. The number of nitrogens with two attached hydrogens (primary N) is 1. The van der Waals surface area contributed by atoms with Crippen molar-refractivity contribution in [1.29, 1.82) is 0 Å². The first-order valence-electron chi connectivity index (χ1n) is 6.68. The van der Waals surface area contributed by atoms with E-state index in [1.165, 1.54) is 10.9 Å². The largest absolute Gasteiger partial charge is 0.361 e. The first kappa shape index (κ1) is 13.6. The van der Waals surface area contributed by atoms with E-state index >= 15 is 0 Å². The maximum absolute atomic E-state index is 11.7. The molecule has 4 N–H and O–H groups in total. The molecule has 4 heteroatoms. The quantitative estimate of drug-likeness (QED) is 0.766. The molecule has 4 nitrogen and oxygen atoms in total. The lowest BCUT2D eigenvalue weighted by Gasteiger charge is -2.15. The highest BCUT2D eigenvalue weighted by Crippen LogP contribution is 2.17. The van der Waals surface area contributed by atoms with Gasteiger partial charge in [-0.05, 0) is 24.0 Å². The van der Waals surface area contributed by atoms with Crippen LogP contribution in [-0.4, -0.2) is 23.5 Å². The second kappa shape index (κ2) is 5.89. The molecule has 2 aromatic rings. The predicted octanol–water partition coefficient (Wildman–Crippen LogP) is 1.81. The highest BCUT2D eigenvalue weighted by molar-refractivity contribution is 5.83. The van der Waals surface area contributed by atoms with Crippen LogP contribution in [0, 0.1) is 5.92 Å². The molecule has 0 aliphatic rings. The minimum Gasteiger partial charge on any atom is -0.361 e. The van der Waals surface area contributed by atoms with Gasteiger partial charge >= 0.3 is 0 Å². The summed E-state index contributed by atoms with van der Waals surface area (Å²) in [6.07, 6.45) is 2.81. The zero-order valence-corrected chi connectivity index (χ0v) is 11.4. The normalized spacial score (nSPS) is 12.8. The number of hydrogen-bond donors (Lipinski definition) is 3. The Morgan fingerprint density at radius 3 is 2.84 bits per heavy atom. The smallest absolute Gasteiger partial charge is 0.237 e. The standard InChI is InChI=1S/C15H21N3O/c1-10(2)14(16)15(19)17-8-7-11-9-18-13-6-4-3-5-12(11)13/h3-6,9-10,14,18H,7-8,16H2,1-2H3,(H,17,19)/t14-/m1/s1. The van der Waals surface area contributed by atoms with Gasteiger partial charge < -0.3 is 16.0 Å². The lowest BCUT2D eigenvalue weighted by atomic mass is 10.0. The van der Waals surface area contributed by atoms with Gasteiger partial charge in [0.15, 0.2) is 0 Å². The molecule has 1 aromatic heterocycles. The van der Waals surface area contributed by atoms with Crippen LogP contribution < -0.4 is 11.1 Å². The topological polar surface area (TPSA) is 70.9 Å². The van der Waals surface area contributed by atoms with Crippen molar-refractivity contribution in [3.8, 4) is 0 Å². The Hall–Kier alpha value is -1.81. The van der Waals surface area contributed by atoms with E-state index in [0.717, 1.165) is 11.9 Å². The maximum atomic E-state index is 11.7. The first-order valence-corrected chi connectivity index (χ1v) is 6.68. The predicted molar refractivity (Wildman–Crippen MR) is 77.8 cm³/mol. The average Bonchev–Trinajstić information content (AvgIpc) is 2.81. The molecule has 1 heterocycles. The molecule has 0 bridgehead atoms. The van der Waals surface area contributed by atoms with E-state index in [1.807, 2.05) is 38.2 Å². The lowest BCUT2D eigenvalue weighted by Crippen LogP contribution is -2.44. The third-order valence-electron chi connectivity index (χ3n) is 3.39. The molecule has 0 saturated carbocycles. The van der Waals surface area contributed by atoms with Crippen LogP contribution in [0.25, 0.3) is 10.9 Å². The van der Waals surface area contributed by atoms with Crippen LogP contribution in [0.15, 0.2) is 30.5 Å². The molecular formula is C15H21N3O. The van der Waals surface area contributed by atoms with Gasteiger partial charge in [-0.2, -0.15) is 0 Å². The van der Waals surface area contributed by atoms with Crippen LogP contribution in [-0.2, 0) is 11.2 Å². The second-order valence-electron chi connectivity index (χ2n) is 5.17. The number of nitrogens with one attached hydrogen (secondary N) is 2. The van der Waals surface area contributed by atoms with Crippen molar-refractivity contribution in [3.05, 3.63) is 36.0 Å². The molecule has 19 heavy (non-hydrogen) atoms. The van der Waals surface area contributed by atoms with E-state index < -0.39 is 6.04 Å². The van der Waals surface area contributed by atoms with Crippen molar-refractivity contribution in [2.24, 2.45) is 11.7 Å². The Labute approximate surface area is 113 Å². The number of carbonyl (C=O) groups is 1. The fraction of sp³-hybridized carbons (Fsp3) is 0.400. The van der Waals surface area contributed by atoms with Crippen molar-refractivity contribution >= 4 is 16.8 Å². The summed E-state index contributed by atoms with van der Waals surface area (Å²) in [5.74, 6) is 0.0860. The van der Waals surface area contributed by atoms with E-state index in [0.29, 0.717) is 6.54 Å². The van der Waals surface area contributed by atoms with E-state index in [2.05, 4.69) is 16.4 Å². The molecule has 0 aliphatic heterocycles. The van der Waals surface area contributed by atoms with E-state index in [-0.39, 0.29) is 11.8 Å². The van der Waals surface area contributed by atoms with Gasteiger partial charge in [0.25, 0.3) is 0 Å². The van der Waals surface area contributed by atoms with Crippen molar-refractivity contribution in [3.63, 3.8) is 0 Å². The van der Waals surface area contributed by atoms with Gasteiger partial charge in [0.2, 0.25) is 5.91 Å². The molecule has 1 amide bonds. The molecule has 1 aromatic carbocycles. The van der Waals surface area contributed by atoms with Crippen molar-refractivity contribution in [2.75, 3.05) is 6.54 Å². The average molecular weight is 259 g/mol. The van der Waals surface area contributed by atoms with Gasteiger partial charge in [0, 0.05) is 23.6 Å². The third kappa shape index (κ3) is 3.15. The Balaban J connectivity index is 1.91. The van der Waals surface area contributed by atoms with Gasteiger partial charge in [-0.3, -0.25) is 4.79 Å². The molecule has 0 aliphatic carbocycles. The summed E-state index contributed by atoms with van der Waals surface area (Å²) in [5, 5.41) is 4.10. The summed E-state index contributed by atoms with van der Waals surface area (Å²) in [6, 6.07) is 7.73. The van der Waals surface area contributed by atoms with Crippen LogP contribution in [0.1, 0.15) is 19.4 Å². The number of carbonyl (C=O) groups excluding carboxylic acids is 1. The van der Waals surface area contributed by atoms with Crippen molar-refractivity contribution in [2.45, 2.75) is 26.3 Å². The highest BCUT2D eigenvalue weighted by Gasteiger charge is 2.16. The van der Waals surface area contributed by atoms with Crippen LogP contribution >= 0.6 is 0 Å². The third-order valence-corrected chi connectivity index (χ3v) is 3.39. The Kier molecular flexibility index (Phi) is 4.22. The van der Waals surface area contributed by atoms with E-state index in [1.54, 1.807) is 0 Å². The summed E-state index contributed by atoms with van der Waals surface area (Å²) in [5.41, 5.74) is 8.14. The van der Waals surface area contributed by atoms with Gasteiger partial charge in [-0.1, -0.05) is 32.0 Å². The zero-order chi connectivity index (χ0) is 13.8. The van der Waals surface area contributed by atoms with Crippen LogP contribution in [0.4, 0.5) is 0 Å². The van der Waals surface area contributed by atoms with Gasteiger partial charge in [-0.25, -0.2) is 0 Å². The molecule has 0 fully saturated rings. The fourth-order valence-electron chi connectivity index (χ4n) is 2.08. The number of benzene rings is 1. The number of rotatable bonds is 5. The molecule has 0 saturated heterocycles. The molecule has 2 rings (SSSR count). The Morgan fingerprint density at radius 1 is 1.37 bits per heavy atom. The SMILES string of the molecule is CC(C)[C@@H](N)C(=O)NCCc1c[nH]c2ccccc12. The molecule has 1 atom stereocenters. The lowest BCUT2D eigenvalue weighted by molar-refractivity contribution is -0.123. The molecule has 102 valence electrons. The van der Waals surface area contributed by atoms with Gasteiger partial charge in [0.05, 0.1) is 6.04 Å².